The van der Waals surface area contributed by atoms with Crippen molar-refractivity contribution < 1.29 is 4.79 Å². The molecule has 26 heavy (non-hydrogen) atoms. The van der Waals surface area contributed by atoms with Crippen molar-refractivity contribution in [2.45, 2.75) is 24.5 Å². The second-order valence-electron chi connectivity index (χ2n) is 5.53. The summed E-state index contributed by atoms with van der Waals surface area (Å²) in [5, 5.41) is 2.76. The number of thioether (sulfide) groups is 1. The topological polar surface area (TPSA) is 136 Å². The van der Waals surface area contributed by atoms with Crippen LogP contribution in [0.4, 0.5) is 5.82 Å². The highest BCUT2D eigenvalue weighted by Gasteiger charge is 2.14. The zero-order valence-electron chi connectivity index (χ0n) is 13.7. The lowest BCUT2D eigenvalue weighted by atomic mass is 10.2. The molecule has 0 bridgehead atoms. The second-order valence-corrected chi connectivity index (χ2v) is 6.59. The Kier molecular flexibility index (Phi) is 5.42. The summed E-state index contributed by atoms with van der Waals surface area (Å²) < 4.78 is 1.51. The number of benzene rings is 1. The molecular weight excluding hydrogens is 356 g/mol. The molecule has 2 aromatic heterocycles. The number of nitroso groups, excluding NO2 is 1. The summed E-state index contributed by atoms with van der Waals surface area (Å²) >= 11 is 1.30. The molecule has 3 N–H and O–H groups in total. The number of aromatic nitrogens is 4. The van der Waals surface area contributed by atoms with Gasteiger partial charge in [-0.05, 0) is 12.0 Å². The van der Waals surface area contributed by atoms with Crippen molar-refractivity contribution in [3.8, 4) is 0 Å². The van der Waals surface area contributed by atoms with Gasteiger partial charge in [0.1, 0.15) is 5.52 Å². The third-order valence-electron chi connectivity index (χ3n) is 3.68. The van der Waals surface area contributed by atoms with Gasteiger partial charge in [0.25, 0.3) is 5.91 Å². The normalized spacial score (nSPS) is 10.9. The molecule has 0 unspecified atom stereocenters. The van der Waals surface area contributed by atoms with Crippen molar-refractivity contribution in [1.29, 1.82) is 0 Å². The molecular formula is C16H16N6O3S. The number of nitrogens with one attached hydrogen (secondary N) is 1. The smallest absolute Gasteiger partial charge is 0.328 e. The van der Waals surface area contributed by atoms with E-state index in [9.17, 15) is 14.5 Å². The van der Waals surface area contributed by atoms with Gasteiger partial charge in [-0.2, -0.15) is 0 Å². The van der Waals surface area contributed by atoms with Crippen molar-refractivity contribution in [3.05, 3.63) is 51.3 Å². The van der Waals surface area contributed by atoms with Crippen molar-refractivity contribution in [2.75, 3.05) is 11.5 Å². The molecule has 3 aromatic rings. The number of anilines is 1. The van der Waals surface area contributed by atoms with E-state index in [0.29, 0.717) is 35.0 Å². The number of rotatable bonds is 7. The van der Waals surface area contributed by atoms with Crippen LogP contribution in [0.15, 0.2) is 45.5 Å². The van der Waals surface area contributed by atoms with Gasteiger partial charge in [-0.3, -0.25) is 9.36 Å². The van der Waals surface area contributed by atoms with Crippen molar-refractivity contribution in [1.82, 2.24) is 19.5 Å². The summed E-state index contributed by atoms with van der Waals surface area (Å²) in [5.74, 6) is 0.0374. The lowest BCUT2D eigenvalue weighted by Gasteiger charge is -2.05. The van der Waals surface area contributed by atoms with E-state index in [2.05, 4.69) is 20.1 Å². The fraction of sp³-hybridized carbons (Fsp3) is 0.250. The highest BCUT2D eigenvalue weighted by molar-refractivity contribution is 7.99. The molecule has 0 radical (unpaired) electrons. The van der Waals surface area contributed by atoms with Crippen LogP contribution in [0, 0.1) is 4.91 Å². The second kappa shape index (κ2) is 7.91. The minimum absolute atomic E-state index is 0.0805. The number of hydrogen-bond acceptors (Lipinski definition) is 7. The number of nitrogens with two attached hydrogens (primary N) is 1. The third kappa shape index (κ3) is 3.97. The molecule has 9 nitrogen and oxygen atoms in total. The number of carbonyl (C=O) groups excluding carboxylic acids is 1. The largest absolute Gasteiger partial charge is 0.382 e. The average molecular weight is 372 g/mol. The molecule has 0 fully saturated rings. The number of aromatic amines is 1. The first-order valence-electron chi connectivity index (χ1n) is 7.87. The van der Waals surface area contributed by atoms with E-state index in [0.717, 1.165) is 5.56 Å². The summed E-state index contributed by atoms with van der Waals surface area (Å²) in [6, 6.07) is 9.54. The summed E-state index contributed by atoms with van der Waals surface area (Å²) in [6.45, 7) is 0.361. The van der Waals surface area contributed by atoms with E-state index < -0.39 is 5.91 Å². The standard InChI is InChI=1S/C16H16N6O3S/c17-13-12-14(20-15(19-13)26-8-4-7-11(23)21-25)22(16(24)18-12)9-10-5-2-1-3-6-10/h1-3,5-6H,4,7-9H2,(H,18,24)(H2,17,19,20). The molecule has 1 aromatic carbocycles. The van der Waals surface area contributed by atoms with E-state index in [-0.39, 0.29) is 17.9 Å². The van der Waals surface area contributed by atoms with Crippen LogP contribution in [0.2, 0.25) is 0 Å². The highest BCUT2D eigenvalue weighted by atomic mass is 32.2. The predicted molar refractivity (Wildman–Crippen MR) is 98.9 cm³/mol. The zero-order valence-corrected chi connectivity index (χ0v) is 14.5. The SMILES string of the molecule is Nc1nc(SCCCC(=O)N=O)nc2c1[nH]c(=O)n2Cc1ccccc1. The Morgan fingerprint density at radius 2 is 2.04 bits per heavy atom. The van der Waals surface area contributed by atoms with E-state index in [1.165, 1.54) is 16.3 Å². The van der Waals surface area contributed by atoms with Gasteiger partial charge in [0, 0.05) is 17.4 Å². The summed E-state index contributed by atoms with van der Waals surface area (Å²) in [5.41, 5.74) is 7.43. The summed E-state index contributed by atoms with van der Waals surface area (Å²) in [6.07, 6.45) is 0.553. The van der Waals surface area contributed by atoms with E-state index in [4.69, 9.17) is 5.73 Å². The Morgan fingerprint density at radius 1 is 1.27 bits per heavy atom. The first-order valence-corrected chi connectivity index (χ1v) is 8.86. The van der Waals surface area contributed by atoms with Gasteiger partial charge in [-0.1, -0.05) is 42.1 Å². The fourth-order valence-corrected chi connectivity index (χ4v) is 3.23. The Hall–Kier alpha value is -3.01. The monoisotopic (exact) mass is 372 g/mol. The van der Waals surface area contributed by atoms with Crippen molar-refractivity contribution in [2.24, 2.45) is 5.18 Å². The molecule has 0 aliphatic carbocycles. The first kappa shape index (κ1) is 17.8. The molecule has 134 valence electrons. The van der Waals surface area contributed by atoms with Crippen LogP contribution in [0.25, 0.3) is 11.2 Å². The van der Waals surface area contributed by atoms with E-state index >= 15 is 0 Å². The van der Waals surface area contributed by atoms with Crippen LogP contribution in [0.5, 0.6) is 0 Å². The minimum atomic E-state index is -0.677. The fourth-order valence-electron chi connectivity index (χ4n) is 2.44. The van der Waals surface area contributed by atoms with Crippen LogP contribution in [-0.2, 0) is 11.3 Å². The van der Waals surface area contributed by atoms with E-state index in [1.54, 1.807) is 0 Å². The van der Waals surface area contributed by atoms with Gasteiger partial charge < -0.3 is 10.7 Å². The molecule has 3 rings (SSSR count). The number of H-pyrrole nitrogens is 1. The van der Waals surface area contributed by atoms with Crippen LogP contribution in [0.3, 0.4) is 0 Å². The molecule has 0 saturated heterocycles. The number of fused-ring (bicyclic) bond motifs is 1. The predicted octanol–water partition coefficient (Wildman–Crippen LogP) is 1.92. The number of carbonyl (C=O) groups is 1. The van der Waals surface area contributed by atoms with Crippen LogP contribution in [0.1, 0.15) is 18.4 Å². The average Bonchev–Trinajstić information content (AvgIpc) is 2.96. The van der Waals surface area contributed by atoms with Crippen LogP contribution >= 0.6 is 11.8 Å². The lowest BCUT2D eigenvalue weighted by molar-refractivity contribution is -0.117. The number of nitrogens with zero attached hydrogens (tertiary/aromatic N) is 4. The van der Waals surface area contributed by atoms with Crippen molar-refractivity contribution in [3.63, 3.8) is 0 Å². The van der Waals surface area contributed by atoms with Gasteiger partial charge in [0.05, 0.1) is 6.54 Å². The molecule has 1 amide bonds. The quantitative estimate of drug-likeness (QED) is 0.280. The maximum Gasteiger partial charge on any atom is 0.328 e. The number of nitrogen functional groups attached to an aromatic ring is 1. The van der Waals surface area contributed by atoms with Gasteiger partial charge in [0.2, 0.25) is 0 Å². The molecule has 10 heteroatoms. The number of amides is 1. The maximum atomic E-state index is 12.3. The molecule has 0 saturated carbocycles. The third-order valence-corrected chi connectivity index (χ3v) is 4.62. The highest BCUT2D eigenvalue weighted by Crippen LogP contribution is 2.21. The Labute approximate surface area is 152 Å². The van der Waals surface area contributed by atoms with Gasteiger partial charge in [-0.15, -0.1) is 4.91 Å². The number of hydrogen-bond donors (Lipinski definition) is 2. The first-order chi connectivity index (χ1) is 12.6. The summed E-state index contributed by atoms with van der Waals surface area (Å²) in [7, 11) is 0. The maximum absolute atomic E-state index is 12.3. The Bertz CT molecular complexity index is 998. The molecule has 0 aliphatic rings. The van der Waals surface area contributed by atoms with Crippen LogP contribution in [-0.4, -0.2) is 31.2 Å². The zero-order chi connectivity index (χ0) is 18.5. The Balaban J connectivity index is 1.84. The van der Waals surface area contributed by atoms with Gasteiger partial charge >= 0.3 is 5.69 Å². The number of imidazole rings is 1. The molecule has 0 spiro atoms. The van der Waals surface area contributed by atoms with Gasteiger partial charge in [0.15, 0.2) is 16.6 Å². The van der Waals surface area contributed by atoms with Crippen LogP contribution < -0.4 is 11.4 Å². The molecule has 2 heterocycles. The molecule has 0 aliphatic heterocycles. The van der Waals surface area contributed by atoms with Gasteiger partial charge in [-0.25, -0.2) is 14.8 Å². The summed E-state index contributed by atoms with van der Waals surface area (Å²) in [4.78, 5) is 44.5. The minimum Gasteiger partial charge on any atom is -0.382 e. The lowest BCUT2D eigenvalue weighted by Crippen LogP contribution is -2.17. The molecule has 0 atom stereocenters. The van der Waals surface area contributed by atoms with Crippen molar-refractivity contribution >= 4 is 34.7 Å². The van der Waals surface area contributed by atoms with E-state index in [1.807, 2.05) is 30.3 Å². The Morgan fingerprint density at radius 3 is 2.77 bits per heavy atom.